The highest BCUT2D eigenvalue weighted by atomic mass is 19.1. The number of aromatic carboxylic acids is 1. The number of halogens is 2. The van der Waals surface area contributed by atoms with Crippen molar-refractivity contribution in [1.29, 1.82) is 0 Å². The number of aromatic hydroxyl groups is 2. The molecule has 4 heterocycles. The van der Waals surface area contributed by atoms with Gasteiger partial charge in [0.1, 0.15) is 23.2 Å². The second kappa shape index (κ2) is 14.4. The Morgan fingerprint density at radius 3 is 2.40 bits per heavy atom. The van der Waals surface area contributed by atoms with Gasteiger partial charge in [-0.25, -0.2) is 28.1 Å². The molecule has 2 aromatic carbocycles. The highest BCUT2D eigenvalue weighted by Crippen LogP contribution is 2.37. The number of carboxylic acids is 1. The Hall–Kier alpha value is -6.18. The number of phenolic OH excluding ortho intramolecular Hbond substituents is 2. The number of benzene rings is 2. The third kappa shape index (κ3) is 7.04. The first-order valence-electron chi connectivity index (χ1n) is 16.4. The molecule has 278 valence electrons. The van der Waals surface area contributed by atoms with Crippen molar-refractivity contribution in [3.8, 4) is 17.2 Å². The standard InChI is InChI=1S/C33H33BF2N6O11/c1-15-19(14-21(36)27(45)26(15)44)25(29(46)38-22-12-16-2-3-20(35)24(31(48)49)28(16)53-34(22)52)39-32(50)42-11-10-41(33(42)51)18-5-8-40(9-6-18)30(47)17-4-7-37-23(43)13-17/h2-4,7,13-14,18,22,25,44-45,52H,5-6,8-12H2,1H3,(H,37,43)(H,38,46)(H,39,50)(H,48,49)/t22-,25?/m0/s1. The second-order valence-corrected chi connectivity index (χ2v) is 12.8. The van der Waals surface area contributed by atoms with Gasteiger partial charge in [-0.15, -0.1) is 0 Å². The molecule has 1 aromatic heterocycles. The van der Waals surface area contributed by atoms with Crippen LogP contribution in [-0.2, 0) is 11.2 Å². The van der Waals surface area contributed by atoms with Crippen molar-refractivity contribution < 1.29 is 57.8 Å². The lowest BCUT2D eigenvalue weighted by Crippen LogP contribution is -2.56. The average Bonchev–Trinajstić information content (AvgIpc) is 3.52. The Morgan fingerprint density at radius 1 is 1.00 bits per heavy atom. The van der Waals surface area contributed by atoms with E-state index >= 15 is 0 Å². The fraction of sp³-hybridized carbons (Fsp3) is 0.333. The summed E-state index contributed by atoms with van der Waals surface area (Å²) in [5.41, 5.74) is -1.41. The third-order valence-corrected chi connectivity index (χ3v) is 9.62. The Labute approximate surface area is 298 Å². The van der Waals surface area contributed by atoms with Gasteiger partial charge in [-0.05, 0) is 55.5 Å². The van der Waals surface area contributed by atoms with E-state index < -0.39 is 83.0 Å². The predicted molar refractivity (Wildman–Crippen MR) is 178 cm³/mol. The Morgan fingerprint density at radius 2 is 1.72 bits per heavy atom. The second-order valence-electron chi connectivity index (χ2n) is 12.8. The van der Waals surface area contributed by atoms with Gasteiger partial charge in [0.15, 0.2) is 17.3 Å². The summed E-state index contributed by atoms with van der Waals surface area (Å²) >= 11 is 0. The van der Waals surface area contributed by atoms with E-state index in [-0.39, 0.29) is 66.8 Å². The number of fused-ring (bicyclic) bond motifs is 1. The fourth-order valence-electron chi connectivity index (χ4n) is 6.77. The lowest BCUT2D eigenvalue weighted by Gasteiger charge is -2.36. The van der Waals surface area contributed by atoms with Crippen molar-refractivity contribution >= 4 is 37.0 Å². The normalized spacial score (nSPS) is 18.0. The smallest absolute Gasteiger partial charge is 0.534 e. The molecular weight excluding hydrogens is 705 g/mol. The zero-order valence-electron chi connectivity index (χ0n) is 28.0. The van der Waals surface area contributed by atoms with Crippen LogP contribution in [0.1, 0.15) is 56.3 Å². The molecule has 0 aliphatic carbocycles. The van der Waals surface area contributed by atoms with Gasteiger partial charge in [-0.1, -0.05) is 6.07 Å². The van der Waals surface area contributed by atoms with E-state index in [0.29, 0.717) is 18.9 Å². The first-order valence-corrected chi connectivity index (χ1v) is 16.4. The number of hydrogen-bond donors (Lipinski definition) is 7. The Bertz CT molecular complexity index is 2080. The topological polar surface area (TPSA) is 242 Å². The quantitative estimate of drug-likeness (QED) is 0.133. The van der Waals surface area contributed by atoms with Gasteiger partial charge >= 0.3 is 25.1 Å². The minimum atomic E-state index is -1.90. The number of urea groups is 2. The van der Waals surface area contributed by atoms with Crippen LogP contribution in [0.4, 0.5) is 18.4 Å². The highest BCUT2D eigenvalue weighted by molar-refractivity contribution is 6.47. The first-order chi connectivity index (χ1) is 25.2. The molecule has 3 aliphatic heterocycles. The number of hydrogen-bond acceptors (Lipinski definition) is 10. The van der Waals surface area contributed by atoms with Crippen molar-refractivity contribution in [2.45, 2.75) is 44.2 Å². The zero-order valence-corrected chi connectivity index (χ0v) is 28.0. The summed E-state index contributed by atoms with van der Waals surface area (Å²) in [5.74, 6) is -9.29. The summed E-state index contributed by atoms with van der Waals surface area (Å²) in [6.45, 7) is 1.80. The van der Waals surface area contributed by atoms with Gasteiger partial charge in [0.2, 0.25) is 11.5 Å². The third-order valence-electron chi connectivity index (χ3n) is 9.62. The zero-order chi connectivity index (χ0) is 38.3. The van der Waals surface area contributed by atoms with Crippen molar-refractivity contribution in [1.82, 2.24) is 30.3 Å². The number of aromatic amines is 1. The van der Waals surface area contributed by atoms with Gasteiger partial charge in [0, 0.05) is 55.6 Å². The number of nitrogens with zero attached hydrogens (tertiary/aromatic N) is 3. The number of likely N-dealkylation sites (tertiary alicyclic amines) is 1. The molecule has 6 amide bonds. The van der Waals surface area contributed by atoms with E-state index in [1.165, 1.54) is 36.2 Å². The Kier molecular flexibility index (Phi) is 9.98. The van der Waals surface area contributed by atoms with E-state index in [0.717, 1.165) is 11.0 Å². The van der Waals surface area contributed by atoms with Crippen molar-refractivity contribution in [2.75, 3.05) is 26.2 Å². The molecule has 3 aliphatic rings. The number of pyridine rings is 1. The number of carboxylic acid groups (broad SMARTS) is 1. The molecule has 2 fully saturated rings. The maximum absolute atomic E-state index is 14.7. The number of nitrogens with one attached hydrogen (secondary N) is 3. The number of carbonyl (C=O) groups is 5. The summed E-state index contributed by atoms with van der Waals surface area (Å²) < 4.78 is 34.2. The van der Waals surface area contributed by atoms with Gasteiger partial charge in [-0.3, -0.25) is 14.4 Å². The summed E-state index contributed by atoms with van der Waals surface area (Å²) in [6.07, 6.45) is 1.87. The van der Waals surface area contributed by atoms with Gasteiger partial charge in [0.05, 0.1) is 5.94 Å². The SMILES string of the molecule is Cc1c(C(NC(=O)N2CCN(C3CCN(C(=O)c4cc[nH]c(=O)c4)CC3)C2=O)C(=O)N[C@H]2Cc3ccc(F)c(C(=O)O)c3OB2O)cc(F)c(O)c1O. The van der Waals surface area contributed by atoms with Gasteiger partial charge in [0.25, 0.3) is 5.91 Å². The molecule has 17 nitrogen and oxygen atoms in total. The molecule has 0 saturated carbocycles. The lowest BCUT2D eigenvalue weighted by molar-refractivity contribution is -0.123. The van der Waals surface area contributed by atoms with Crippen LogP contribution in [0.2, 0.25) is 0 Å². The van der Waals surface area contributed by atoms with Crippen molar-refractivity contribution in [2.24, 2.45) is 0 Å². The largest absolute Gasteiger partial charge is 0.547 e. The molecule has 2 atom stereocenters. The number of rotatable bonds is 7. The fourth-order valence-corrected chi connectivity index (χ4v) is 6.77. The van der Waals surface area contributed by atoms with Crippen LogP contribution in [0.3, 0.4) is 0 Å². The van der Waals surface area contributed by atoms with Gasteiger partial charge < -0.3 is 50.4 Å². The molecule has 53 heavy (non-hydrogen) atoms. The van der Waals surface area contributed by atoms with Crippen LogP contribution in [-0.4, -0.2) is 115 Å². The maximum Gasteiger partial charge on any atom is 0.547 e. The van der Waals surface area contributed by atoms with E-state index in [1.54, 1.807) is 4.90 Å². The number of imide groups is 1. The summed E-state index contributed by atoms with van der Waals surface area (Å²) in [6, 6.07) is 1.52. The van der Waals surface area contributed by atoms with Crippen LogP contribution in [0, 0.1) is 18.6 Å². The molecule has 20 heteroatoms. The molecule has 1 unspecified atom stereocenters. The van der Waals surface area contributed by atoms with Crippen molar-refractivity contribution in [3.05, 3.63) is 86.3 Å². The lowest BCUT2D eigenvalue weighted by atomic mass is 9.72. The molecule has 0 radical (unpaired) electrons. The maximum atomic E-state index is 14.7. The number of phenols is 2. The van der Waals surface area contributed by atoms with Crippen LogP contribution >= 0.6 is 0 Å². The summed E-state index contributed by atoms with van der Waals surface area (Å²) in [7, 11) is -1.90. The van der Waals surface area contributed by atoms with E-state index in [9.17, 15) is 57.9 Å². The number of carbonyl (C=O) groups excluding carboxylic acids is 4. The van der Waals surface area contributed by atoms with Crippen molar-refractivity contribution in [3.63, 3.8) is 0 Å². The van der Waals surface area contributed by atoms with Gasteiger partial charge in [-0.2, -0.15) is 0 Å². The number of piperidine rings is 1. The summed E-state index contributed by atoms with van der Waals surface area (Å²) in [5, 5.41) is 45.3. The first kappa shape index (κ1) is 36.6. The van der Waals surface area contributed by atoms with Crippen LogP contribution < -0.4 is 20.8 Å². The van der Waals surface area contributed by atoms with E-state index in [1.807, 2.05) is 0 Å². The molecule has 6 rings (SSSR count). The molecule has 0 spiro atoms. The highest BCUT2D eigenvalue weighted by Gasteiger charge is 2.43. The number of amides is 6. The molecule has 0 bridgehead atoms. The minimum Gasteiger partial charge on any atom is -0.534 e. The van der Waals surface area contributed by atoms with Crippen LogP contribution in [0.15, 0.2) is 41.3 Å². The average molecular weight is 738 g/mol. The van der Waals surface area contributed by atoms with E-state index in [2.05, 4.69) is 15.6 Å². The van der Waals surface area contributed by atoms with Crippen LogP contribution in [0.5, 0.6) is 17.2 Å². The summed E-state index contributed by atoms with van der Waals surface area (Å²) in [4.78, 5) is 83.4. The van der Waals surface area contributed by atoms with E-state index in [4.69, 9.17) is 4.65 Å². The minimum absolute atomic E-state index is 0.104. The number of aromatic nitrogens is 1. The monoisotopic (exact) mass is 738 g/mol. The number of H-pyrrole nitrogens is 1. The molecule has 2 saturated heterocycles. The molecular formula is C33H33BF2N6O11. The Balaban J connectivity index is 1.17. The molecule has 3 aromatic rings. The molecule has 7 N–H and O–H groups in total. The predicted octanol–water partition coefficient (Wildman–Crippen LogP) is 1.00. The van der Waals surface area contributed by atoms with Crippen LogP contribution in [0.25, 0.3) is 0 Å².